The van der Waals surface area contributed by atoms with Crippen molar-refractivity contribution < 1.29 is 21.6 Å². The van der Waals surface area contributed by atoms with Crippen molar-refractivity contribution in [2.75, 3.05) is 36.5 Å². The minimum Gasteiger partial charge on any atom is -0.363 e. The quantitative estimate of drug-likeness (QED) is 0.364. The number of rotatable bonds is 1. The van der Waals surface area contributed by atoms with Gasteiger partial charge in [-0.2, -0.15) is 0 Å². The zero-order chi connectivity index (χ0) is 31.1. The van der Waals surface area contributed by atoms with E-state index >= 15 is 13.2 Å². The highest BCUT2D eigenvalue weighted by Gasteiger charge is 2.38. The van der Waals surface area contributed by atoms with Crippen molar-refractivity contribution in [3.63, 3.8) is 0 Å². The maximum Gasteiger partial charge on any atom is 0.276 e. The maximum absolute atomic E-state index is 15.8. The fraction of sp³-hybridized carbons (Fsp3) is 0.594. The number of sulfone groups is 1. The average molecular weight is 632 g/mol. The van der Waals surface area contributed by atoms with Gasteiger partial charge in [-0.3, -0.25) is 9.36 Å². The highest BCUT2D eigenvalue weighted by atomic mass is 32.2. The van der Waals surface area contributed by atoms with Crippen molar-refractivity contribution in [3.05, 3.63) is 63.5 Å². The summed E-state index contributed by atoms with van der Waals surface area (Å²) in [6.07, 6.45) is 5.69. The number of alkyl halides is 2. The largest absolute Gasteiger partial charge is 0.363 e. The molecule has 12 heteroatoms. The second kappa shape index (κ2) is 12.4. The van der Waals surface area contributed by atoms with E-state index in [0.717, 1.165) is 45.3 Å². The Balaban J connectivity index is 1.40. The molecule has 0 saturated carbocycles. The molecule has 8 bridgehead atoms. The van der Waals surface area contributed by atoms with E-state index < -0.39 is 39.6 Å². The Labute approximate surface area is 256 Å². The van der Waals surface area contributed by atoms with Gasteiger partial charge in [-0.05, 0) is 63.5 Å². The standard InChI is InChI=1S/C32H40F3N5O3S/c1-21-24-7-6-8-27(28(24)33)32(34,35)12-9-22-18-39(19-22)13-4-2-3-5-14-40-30-26(29(38-21)36-20-37-30)17-25(31(40)41)23-10-15-44(42,43)16-11-23/h6-8,17,20-23H,2-5,9-16,18-19H2,1H3,(H,36,37,38)/t21-/m1/s1. The summed E-state index contributed by atoms with van der Waals surface area (Å²) >= 11 is 0. The molecule has 6 heterocycles. The lowest BCUT2D eigenvalue weighted by Crippen LogP contribution is -2.47. The maximum atomic E-state index is 15.8. The van der Waals surface area contributed by atoms with Crippen molar-refractivity contribution in [3.8, 4) is 0 Å². The first-order valence-electron chi connectivity index (χ1n) is 15.8. The molecule has 1 aromatic carbocycles. The SMILES string of the molecule is C[C@H]1Nc2ncnc3c2cc(C2CCS(=O)(=O)CC2)c(=O)n3CCCCCCN2CC(CCC(F)(F)c3cccc1c3F)C2. The molecule has 238 valence electrons. The van der Waals surface area contributed by atoms with Crippen molar-refractivity contribution >= 4 is 26.7 Å². The molecule has 1 atom stereocenters. The second-order valence-corrected chi connectivity index (χ2v) is 15.1. The predicted molar refractivity (Wildman–Crippen MR) is 164 cm³/mol. The summed E-state index contributed by atoms with van der Waals surface area (Å²) in [6.45, 7) is 4.63. The number of aromatic nitrogens is 3. The van der Waals surface area contributed by atoms with Crippen LogP contribution in [0.3, 0.4) is 0 Å². The van der Waals surface area contributed by atoms with Crippen LogP contribution in [-0.4, -0.2) is 59.0 Å². The van der Waals surface area contributed by atoms with Crippen molar-refractivity contribution in [2.45, 2.75) is 82.7 Å². The number of nitrogens with one attached hydrogen (secondary N) is 1. The predicted octanol–water partition coefficient (Wildman–Crippen LogP) is 5.77. The molecule has 4 aliphatic heterocycles. The molecule has 0 radical (unpaired) electrons. The molecule has 2 aromatic heterocycles. The number of hydrogen-bond donors (Lipinski definition) is 1. The third-order valence-corrected chi connectivity index (χ3v) is 11.4. The summed E-state index contributed by atoms with van der Waals surface area (Å²) in [7, 11) is -3.13. The van der Waals surface area contributed by atoms with Crippen LogP contribution in [0.15, 0.2) is 35.4 Å². The van der Waals surface area contributed by atoms with E-state index in [1.54, 1.807) is 17.6 Å². The van der Waals surface area contributed by atoms with Gasteiger partial charge in [0.1, 0.15) is 33.4 Å². The molecular formula is C32H40F3N5O3S. The van der Waals surface area contributed by atoms with Crippen LogP contribution in [0.1, 0.15) is 86.9 Å². The number of fused-ring (bicyclic) bond motifs is 8. The molecule has 1 N–H and O–H groups in total. The van der Waals surface area contributed by atoms with E-state index in [2.05, 4.69) is 20.2 Å². The summed E-state index contributed by atoms with van der Waals surface area (Å²) in [4.78, 5) is 25.0. The van der Waals surface area contributed by atoms with Gasteiger partial charge in [-0.1, -0.05) is 31.0 Å². The zero-order valence-corrected chi connectivity index (χ0v) is 25.9. The third-order valence-electron chi connectivity index (χ3n) is 9.65. The summed E-state index contributed by atoms with van der Waals surface area (Å²) in [5.74, 6) is -3.84. The minimum atomic E-state index is -3.29. The van der Waals surface area contributed by atoms with Crippen LogP contribution in [0.25, 0.3) is 11.0 Å². The molecule has 0 spiro atoms. The van der Waals surface area contributed by atoms with Crippen molar-refractivity contribution in [1.29, 1.82) is 0 Å². The molecular weight excluding hydrogens is 591 g/mol. The van der Waals surface area contributed by atoms with E-state index in [1.807, 2.05) is 0 Å². The molecule has 8 nitrogen and oxygen atoms in total. The molecule has 3 aromatic rings. The number of aryl methyl sites for hydroxylation is 1. The molecule has 4 aliphatic rings. The Morgan fingerprint density at radius 3 is 2.45 bits per heavy atom. The van der Waals surface area contributed by atoms with E-state index in [9.17, 15) is 13.2 Å². The van der Waals surface area contributed by atoms with E-state index in [4.69, 9.17) is 0 Å². The van der Waals surface area contributed by atoms with Gasteiger partial charge in [-0.25, -0.2) is 31.6 Å². The molecule has 2 saturated heterocycles. The fourth-order valence-electron chi connectivity index (χ4n) is 6.99. The van der Waals surface area contributed by atoms with E-state index in [0.29, 0.717) is 48.2 Å². The smallest absolute Gasteiger partial charge is 0.276 e. The van der Waals surface area contributed by atoms with Gasteiger partial charge >= 0.3 is 0 Å². The molecule has 2 fully saturated rings. The van der Waals surface area contributed by atoms with Crippen LogP contribution in [0, 0.1) is 11.7 Å². The van der Waals surface area contributed by atoms with E-state index in [-0.39, 0.29) is 34.5 Å². The van der Waals surface area contributed by atoms with Gasteiger partial charge in [0.25, 0.3) is 11.5 Å². The first-order chi connectivity index (χ1) is 21.0. The first kappa shape index (κ1) is 31.0. The van der Waals surface area contributed by atoms with Crippen LogP contribution in [0.5, 0.6) is 0 Å². The Hall–Kier alpha value is -2.99. The number of nitrogens with zero attached hydrogens (tertiary/aromatic N) is 4. The van der Waals surface area contributed by atoms with Gasteiger partial charge < -0.3 is 10.2 Å². The van der Waals surface area contributed by atoms with Gasteiger partial charge in [0, 0.05) is 37.2 Å². The number of anilines is 1. The van der Waals surface area contributed by atoms with Crippen LogP contribution < -0.4 is 10.9 Å². The Bertz CT molecular complexity index is 1680. The van der Waals surface area contributed by atoms with Crippen LogP contribution in [0.4, 0.5) is 19.0 Å². The lowest BCUT2D eigenvalue weighted by atomic mass is 9.90. The highest BCUT2D eigenvalue weighted by molar-refractivity contribution is 7.91. The average Bonchev–Trinajstić information content (AvgIpc) is 2.96. The number of benzene rings is 1. The molecule has 0 amide bonds. The molecule has 7 rings (SSSR count). The Morgan fingerprint density at radius 1 is 0.977 bits per heavy atom. The number of pyridine rings is 1. The summed E-state index contributed by atoms with van der Waals surface area (Å²) in [6, 6.07) is 5.15. The van der Waals surface area contributed by atoms with Crippen LogP contribution in [-0.2, 0) is 22.3 Å². The molecule has 44 heavy (non-hydrogen) atoms. The summed E-state index contributed by atoms with van der Waals surface area (Å²) in [5.41, 5.74) is 0.286. The monoisotopic (exact) mass is 631 g/mol. The van der Waals surface area contributed by atoms with Gasteiger partial charge in [0.2, 0.25) is 0 Å². The van der Waals surface area contributed by atoms with Gasteiger partial charge in [0.15, 0.2) is 0 Å². The summed E-state index contributed by atoms with van der Waals surface area (Å²) < 4.78 is 72.4. The Morgan fingerprint density at radius 2 is 1.70 bits per heavy atom. The lowest BCUT2D eigenvalue weighted by Gasteiger charge is -2.40. The normalized spacial score (nSPS) is 26.3. The highest BCUT2D eigenvalue weighted by Crippen LogP contribution is 2.39. The number of halogens is 3. The van der Waals surface area contributed by atoms with Gasteiger partial charge in [0.05, 0.1) is 28.5 Å². The van der Waals surface area contributed by atoms with Gasteiger partial charge in [-0.15, -0.1) is 0 Å². The van der Waals surface area contributed by atoms with Crippen molar-refractivity contribution in [1.82, 2.24) is 19.4 Å². The van der Waals surface area contributed by atoms with Crippen LogP contribution >= 0.6 is 0 Å². The third kappa shape index (κ3) is 6.38. The topological polar surface area (TPSA) is 97.2 Å². The molecule has 0 aliphatic carbocycles. The molecule has 0 unspecified atom stereocenters. The second-order valence-electron chi connectivity index (χ2n) is 12.8. The lowest BCUT2D eigenvalue weighted by molar-refractivity contribution is -0.0320. The minimum absolute atomic E-state index is 0.0284. The summed E-state index contributed by atoms with van der Waals surface area (Å²) in [5, 5.41) is 3.77. The van der Waals surface area contributed by atoms with Crippen molar-refractivity contribution in [2.24, 2.45) is 5.92 Å². The first-order valence-corrected chi connectivity index (χ1v) is 17.6. The zero-order valence-electron chi connectivity index (χ0n) is 25.1. The van der Waals surface area contributed by atoms with Crippen LogP contribution in [0.2, 0.25) is 0 Å². The van der Waals surface area contributed by atoms with E-state index in [1.165, 1.54) is 24.5 Å². The number of hydrogen-bond acceptors (Lipinski definition) is 7. The fourth-order valence-corrected chi connectivity index (χ4v) is 8.48. The Kier molecular flexibility index (Phi) is 8.76.